The van der Waals surface area contributed by atoms with E-state index in [0.717, 1.165) is 15.6 Å². The summed E-state index contributed by atoms with van der Waals surface area (Å²) in [5.74, 6) is 0.333. The van der Waals surface area contributed by atoms with E-state index in [-0.39, 0.29) is 18.4 Å². The Morgan fingerprint density at radius 1 is 1.14 bits per heavy atom. The zero-order valence-corrected chi connectivity index (χ0v) is 23.2. The second-order valence-electron chi connectivity index (χ2n) is 7.70. The van der Waals surface area contributed by atoms with Crippen molar-refractivity contribution in [3.8, 4) is 11.5 Å². The zero-order chi connectivity index (χ0) is 25.8. The maximum Gasteiger partial charge on any atom is 0.270 e. The number of methoxy groups -OCH3 is 1. The van der Waals surface area contributed by atoms with E-state index in [2.05, 4.69) is 21.2 Å². The van der Waals surface area contributed by atoms with E-state index in [0.29, 0.717) is 37.1 Å². The molecule has 0 saturated carbocycles. The Morgan fingerprint density at radius 2 is 1.89 bits per heavy atom. The van der Waals surface area contributed by atoms with E-state index in [9.17, 15) is 9.59 Å². The van der Waals surface area contributed by atoms with E-state index in [4.69, 9.17) is 33.3 Å². The van der Waals surface area contributed by atoms with Gasteiger partial charge in [-0.1, -0.05) is 57.6 Å². The number of nitrogens with zero attached hydrogens (tertiary/aromatic N) is 1. The number of aryl methyl sites for hydroxylation is 1. The molecule has 0 aliphatic carbocycles. The van der Waals surface area contributed by atoms with Gasteiger partial charge in [0.2, 0.25) is 0 Å². The van der Waals surface area contributed by atoms with Gasteiger partial charge in [-0.15, -0.1) is 0 Å². The quantitative estimate of drug-likeness (QED) is 0.236. The monoisotopic (exact) mass is 602 g/mol. The minimum atomic E-state index is -0.294. The Kier molecular flexibility index (Phi) is 8.35. The topological polar surface area (TPSA) is 67.9 Å². The summed E-state index contributed by atoms with van der Waals surface area (Å²) in [4.78, 5) is 27.4. The highest BCUT2D eigenvalue weighted by atomic mass is 79.9. The van der Waals surface area contributed by atoms with Crippen LogP contribution >= 0.6 is 51.5 Å². The molecule has 0 unspecified atom stereocenters. The van der Waals surface area contributed by atoms with Crippen molar-refractivity contribution in [1.29, 1.82) is 0 Å². The molecule has 0 atom stereocenters. The van der Waals surface area contributed by atoms with Gasteiger partial charge in [0, 0.05) is 15.2 Å². The third-order valence-electron chi connectivity index (χ3n) is 5.19. The lowest BCUT2D eigenvalue weighted by Crippen LogP contribution is -2.27. The Hall–Kier alpha value is -2.85. The van der Waals surface area contributed by atoms with Crippen LogP contribution in [0.15, 0.2) is 70.0 Å². The Morgan fingerprint density at radius 3 is 2.58 bits per heavy atom. The molecule has 184 valence electrons. The lowest BCUT2D eigenvalue weighted by molar-refractivity contribution is -0.118. The van der Waals surface area contributed by atoms with Crippen LogP contribution in [0.5, 0.6) is 11.5 Å². The van der Waals surface area contributed by atoms with Gasteiger partial charge in [-0.25, -0.2) is 0 Å². The second-order valence-corrected chi connectivity index (χ2v) is 10.7. The van der Waals surface area contributed by atoms with Gasteiger partial charge in [-0.2, -0.15) is 0 Å². The van der Waals surface area contributed by atoms with E-state index < -0.39 is 0 Å². The van der Waals surface area contributed by atoms with Crippen LogP contribution in [0.4, 0.5) is 11.4 Å². The number of amides is 2. The van der Waals surface area contributed by atoms with Crippen LogP contribution in [0.1, 0.15) is 11.1 Å². The van der Waals surface area contributed by atoms with Crippen LogP contribution in [-0.2, 0) is 9.59 Å². The van der Waals surface area contributed by atoms with Crippen molar-refractivity contribution in [1.82, 2.24) is 0 Å². The van der Waals surface area contributed by atoms with Crippen molar-refractivity contribution in [2.75, 3.05) is 23.9 Å². The Labute approximate surface area is 231 Å². The first-order valence-corrected chi connectivity index (χ1v) is 13.0. The van der Waals surface area contributed by atoms with Gasteiger partial charge in [0.1, 0.15) is 0 Å². The number of carbonyl (C=O) groups excluding carboxylic acids is 2. The van der Waals surface area contributed by atoms with Gasteiger partial charge in [0.05, 0.1) is 17.7 Å². The predicted molar refractivity (Wildman–Crippen MR) is 153 cm³/mol. The van der Waals surface area contributed by atoms with Crippen LogP contribution in [0.3, 0.4) is 0 Å². The van der Waals surface area contributed by atoms with Gasteiger partial charge in [0.25, 0.3) is 11.8 Å². The summed E-state index contributed by atoms with van der Waals surface area (Å²) in [7, 11) is 1.51. The average molecular weight is 604 g/mol. The predicted octanol–water partition coefficient (Wildman–Crippen LogP) is 6.84. The zero-order valence-electron chi connectivity index (χ0n) is 19.2. The summed E-state index contributed by atoms with van der Waals surface area (Å²) in [5, 5.41) is 3.41. The molecule has 1 aliphatic rings. The summed E-state index contributed by atoms with van der Waals surface area (Å²) < 4.78 is 12.5. The summed E-state index contributed by atoms with van der Waals surface area (Å²) in [6.45, 7) is 1.72. The first kappa shape index (κ1) is 26.2. The molecule has 10 heteroatoms. The smallest absolute Gasteiger partial charge is 0.270 e. The van der Waals surface area contributed by atoms with Gasteiger partial charge in [-0.3, -0.25) is 14.5 Å². The normalized spacial score (nSPS) is 14.3. The fraction of sp³-hybridized carbons (Fsp3) is 0.115. The minimum Gasteiger partial charge on any atom is -0.493 e. The largest absolute Gasteiger partial charge is 0.493 e. The molecule has 1 fully saturated rings. The SMILES string of the molecule is COc1cc(/C=C2\SC(=S)N(c3ccc(Cl)cc3)C2=O)ccc1OCC(=O)Nc1ccc(Br)cc1C. The van der Waals surface area contributed by atoms with E-state index in [1.165, 1.54) is 23.8 Å². The van der Waals surface area contributed by atoms with Crippen LogP contribution < -0.4 is 19.7 Å². The summed E-state index contributed by atoms with van der Waals surface area (Å²) in [5.41, 5.74) is 3.03. The van der Waals surface area contributed by atoms with Crippen molar-refractivity contribution in [3.63, 3.8) is 0 Å². The van der Waals surface area contributed by atoms with Crippen molar-refractivity contribution in [2.45, 2.75) is 6.92 Å². The third kappa shape index (κ3) is 6.10. The number of halogens is 2. The molecule has 1 saturated heterocycles. The molecule has 0 aromatic heterocycles. The number of carbonyl (C=O) groups is 2. The molecule has 3 aromatic carbocycles. The molecule has 1 N–H and O–H groups in total. The fourth-order valence-electron chi connectivity index (χ4n) is 3.42. The van der Waals surface area contributed by atoms with Crippen molar-refractivity contribution >= 4 is 85.1 Å². The Balaban J connectivity index is 1.45. The number of nitrogens with one attached hydrogen (secondary N) is 1. The molecule has 0 radical (unpaired) electrons. The standard InChI is InChI=1S/C26H20BrClN2O4S2/c1-15-11-17(27)4-9-20(15)29-24(31)14-34-21-10-3-16(12-22(21)33-2)13-23-25(32)30(26(35)36-23)19-7-5-18(28)6-8-19/h3-13H,14H2,1-2H3,(H,29,31)/b23-13-. The van der Waals surface area contributed by atoms with Gasteiger partial charge < -0.3 is 14.8 Å². The number of thiocarbonyl (C=S) groups is 1. The van der Waals surface area contributed by atoms with Crippen LogP contribution in [0.2, 0.25) is 5.02 Å². The fourth-order valence-corrected chi connectivity index (χ4v) is 5.32. The number of benzene rings is 3. The average Bonchev–Trinajstić information content (AvgIpc) is 3.13. The maximum atomic E-state index is 13.0. The van der Waals surface area contributed by atoms with Crippen molar-refractivity contribution in [2.24, 2.45) is 0 Å². The maximum absolute atomic E-state index is 13.0. The van der Waals surface area contributed by atoms with E-state index in [1.54, 1.807) is 48.5 Å². The van der Waals surface area contributed by atoms with E-state index in [1.807, 2.05) is 25.1 Å². The highest BCUT2D eigenvalue weighted by Crippen LogP contribution is 2.37. The summed E-state index contributed by atoms with van der Waals surface area (Å²) >= 11 is 16.0. The van der Waals surface area contributed by atoms with Gasteiger partial charge in [-0.05, 0) is 78.7 Å². The third-order valence-corrected chi connectivity index (χ3v) is 7.23. The summed E-state index contributed by atoms with van der Waals surface area (Å²) in [6, 6.07) is 17.7. The number of hydrogen-bond donors (Lipinski definition) is 1. The second kappa shape index (κ2) is 11.5. The highest BCUT2D eigenvalue weighted by Gasteiger charge is 2.33. The molecule has 1 heterocycles. The number of thioether (sulfide) groups is 1. The Bertz CT molecular complexity index is 1380. The number of ether oxygens (including phenoxy) is 2. The minimum absolute atomic E-state index is 0.190. The van der Waals surface area contributed by atoms with Gasteiger partial charge >= 0.3 is 0 Å². The molecule has 1 aliphatic heterocycles. The van der Waals surface area contributed by atoms with Crippen LogP contribution in [0.25, 0.3) is 6.08 Å². The molecular formula is C26H20BrClN2O4S2. The summed E-state index contributed by atoms with van der Waals surface area (Å²) in [6.07, 6.45) is 1.74. The first-order valence-electron chi connectivity index (χ1n) is 10.7. The van der Waals surface area contributed by atoms with E-state index >= 15 is 0 Å². The van der Waals surface area contributed by atoms with Crippen LogP contribution in [-0.4, -0.2) is 29.9 Å². The molecule has 4 rings (SSSR count). The van der Waals surface area contributed by atoms with Gasteiger partial charge in [0.15, 0.2) is 22.4 Å². The lowest BCUT2D eigenvalue weighted by atomic mass is 10.1. The van der Waals surface area contributed by atoms with Crippen molar-refractivity contribution in [3.05, 3.63) is 86.2 Å². The molecule has 36 heavy (non-hydrogen) atoms. The van der Waals surface area contributed by atoms with Crippen LogP contribution in [0, 0.1) is 6.92 Å². The molecule has 2 amide bonds. The highest BCUT2D eigenvalue weighted by molar-refractivity contribution is 9.10. The molecule has 6 nitrogen and oxygen atoms in total. The first-order chi connectivity index (χ1) is 17.2. The molecule has 3 aromatic rings. The number of hydrogen-bond acceptors (Lipinski definition) is 6. The van der Waals surface area contributed by atoms with Crippen molar-refractivity contribution < 1.29 is 19.1 Å². The number of rotatable bonds is 7. The molecule has 0 spiro atoms. The number of anilines is 2. The lowest BCUT2D eigenvalue weighted by Gasteiger charge is -2.14. The molecule has 0 bridgehead atoms. The molecular weight excluding hydrogens is 584 g/mol.